The summed E-state index contributed by atoms with van der Waals surface area (Å²) in [5, 5.41) is 12.4. The molecular weight excluding hydrogens is 162 g/mol. The van der Waals surface area contributed by atoms with Gasteiger partial charge < -0.3 is 10.4 Å². The Balaban J connectivity index is 3.53. The van der Waals surface area contributed by atoms with E-state index in [9.17, 15) is 0 Å². The fourth-order valence-electron chi connectivity index (χ4n) is 1.56. The largest absolute Gasteiger partial charge is 0.396 e. The van der Waals surface area contributed by atoms with Crippen molar-refractivity contribution < 1.29 is 5.11 Å². The molecule has 0 fully saturated rings. The van der Waals surface area contributed by atoms with Gasteiger partial charge in [-0.15, -0.1) is 0 Å². The Labute approximate surface area is 82.7 Å². The summed E-state index contributed by atoms with van der Waals surface area (Å²) < 4.78 is 0. The third-order valence-corrected chi connectivity index (χ3v) is 2.48. The zero-order chi connectivity index (χ0) is 10.1. The normalized spacial score (nSPS) is 15.7. The summed E-state index contributed by atoms with van der Waals surface area (Å²) >= 11 is 0. The minimum absolute atomic E-state index is 0.298. The summed E-state index contributed by atoms with van der Waals surface area (Å²) in [6.07, 6.45) is 5.80. The van der Waals surface area contributed by atoms with Gasteiger partial charge in [-0.25, -0.2) is 0 Å². The molecule has 0 bridgehead atoms. The number of hydrogen-bond donors (Lipinski definition) is 2. The molecule has 2 unspecified atom stereocenters. The highest BCUT2D eigenvalue weighted by Crippen LogP contribution is 2.04. The molecule has 0 saturated heterocycles. The number of aliphatic hydroxyl groups is 1. The van der Waals surface area contributed by atoms with Gasteiger partial charge in [0.1, 0.15) is 0 Å². The van der Waals surface area contributed by atoms with Crippen LogP contribution in [-0.2, 0) is 0 Å². The van der Waals surface area contributed by atoms with E-state index in [1.807, 2.05) is 0 Å². The average molecular weight is 187 g/mol. The van der Waals surface area contributed by atoms with E-state index in [1.165, 1.54) is 19.3 Å². The van der Waals surface area contributed by atoms with Crippen LogP contribution in [0, 0.1) is 0 Å². The Bertz CT molecular complexity index is 106. The van der Waals surface area contributed by atoms with Crippen molar-refractivity contribution in [2.75, 3.05) is 6.61 Å². The molecule has 0 aliphatic heterocycles. The molecular formula is C11H25NO. The molecule has 0 amide bonds. The topological polar surface area (TPSA) is 32.3 Å². The van der Waals surface area contributed by atoms with Crippen LogP contribution in [0.1, 0.15) is 52.9 Å². The van der Waals surface area contributed by atoms with Crippen LogP contribution < -0.4 is 5.32 Å². The number of aliphatic hydroxyl groups excluding tert-OH is 1. The van der Waals surface area contributed by atoms with Crippen molar-refractivity contribution >= 4 is 0 Å². The van der Waals surface area contributed by atoms with Crippen molar-refractivity contribution in [3.63, 3.8) is 0 Å². The Hall–Kier alpha value is -0.0800. The maximum absolute atomic E-state index is 8.82. The maximum atomic E-state index is 8.82. The van der Waals surface area contributed by atoms with E-state index in [0.29, 0.717) is 18.7 Å². The van der Waals surface area contributed by atoms with Crippen molar-refractivity contribution in [1.29, 1.82) is 0 Å². The van der Waals surface area contributed by atoms with Crippen LogP contribution in [-0.4, -0.2) is 23.8 Å². The zero-order valence-electron chi connectivity index (χ0n) is 9.34. The molecule has 0 saturated carbocycles. The monoisotopic (exact) mass is 187 g/mol. The third kappa shape index (κ3) is 7.03. The highest BCUT2D eigenvalue weighted by Gasteiger charge is 2.08. The molecule has 2 heteroatoms. The summed E-state index contributed by atoms with van der Waals surface area (Å²) in [6.45, 7) is 6.92. The Morgan fingerprint density at radius 3 is 2.38 bits per heavy atom. The molecule has 0 aromatic heterocycles. The lowest BCUT2D eigenvalue weighted by Crippen LogP contribution is -2.36. The van der Waals surface area contributed by atoms with E-state index in [1.54, 1.807) is 0 Å². The van der Waals surface area contributed by atoms with Crippen LogP contribution in [0.25, 0.3) is 0 Å². The van der Waals surface area contributed by atoms with Crippen LogP contribution in [0.5, 0.6) is 0 Å². The first-order chi connectivity index (χ1) is 6.24. The average Bonchev–Trinajstić information content (AvgIpc) is 2.14. The number of nitrogens with one attached hydrogen (secondary N) is 1. The SMILES string of the molecule is CCCCC(C)NC(CC)CCO. The molecule has 0 aliphatic carbocycles. The lowest BCUT2D eigenvalue weighted by molar-refractivity contribution is 0.255. The molecule has 0 spiro atoms. The van der Waals surface area contributed by atoms with Gasteiger partial charge in [0.15, 0.2) is 0 Å². The van der Waals surface area contributed by atoms with Gasteiger partial charge in [-0.3, -0.25) is 0 Å². The highest BCUT2D eigenvalue weighted by molar-refractivity contribution is 4.69. The highest BCUT2D eigenvalue weighted by atomic mass is 16.3. The molecule has 0 aromatic carbocycles. The molecule has 13 heavy (non-hydrogen) atoms. The number of hydrogen-bond acceptors (Lipinski definition) is 2. The van der Waals surface area contributed by atoms with Gasteiger partial charge in [0, 0.05) is 18.7 Å². The molecule has 2 nitrogen and oxygen atoms in total. The molecule has 80 valence electrons. The molecule has 0 radical (unpaired) electrons. The van der Waals surface area contributed by atoms with Gasteiger partial charge in [-0.05, 0) is 26.2 Å². The minimum atomic E-state index is 0.298. The van der Waals surface area contributed by atoms with Gasteiger partial charge in [-0.1, -0.05) is 26.7 Å². The van der Waals surface area contributed by atoms with Crippen LogP contribution in [0.4, 0.5) is 0 Å². The van der Waals surface area contributed by atoms with Crippen molar-refractivity contribution in [3.05, 3.63) is 0 Å². The van der Waals surface area contributed by atoms with Gasteiger partial charge in [0.25, 0.3) is 0 Å². The van der Waals surface area contributed by atoms with Crippen LogP contribution in [0.15, 0.2) is 0 Å². The first-order valence-corrected chi connectivity index (χ1v) is 5.61. The van der Waals surface area contributed by atoms with Crippen LogP contribution in [0.2, 0.25) is 0 Å². The maximum Gasteiger partial charge on any atom is 0.0445 e. The Kier molecular flexibility index (Phi) is 8.46. The van der Waals surface area contributed by atoms with Crippen molar-refractivity contribution in [2.24, 2.45) is 0 Å². The predicted molar refractivity (Wildman–Crippen MR) is 57.9 cm³/mol. The van der Waals surface area contributed by atoms with Crippen molar-refractivity contribution in [2.45, 2.75) is 65.0 Å². The lowest BCUT2D eigenvalue weighted by atomic mass is 10.1. The van der Waals surface area contributed by atoms with Crippen molar-refractivity contribution in [3.8, 4) is 0 Å². The standard InChI is InChI=1S/C11H25NO/c1-4-6-7-10(3)12-11(5-2)8-9-13/h10-13H,4-9H2,1-3H3. The first-order valence-electron chi connectivity index (χ1n) is 5.61. The summed E-state index contributed by atoms with van der Waals surface area (Å²) in [4.78, 5) is 0. The van der Waals surface area contributed by atoms with Crippen molar-refractivity contribution in [1.82, 2.24) is 5.32 Å². The van der Waals surface area contributed by atoms with Crippen LogP contribution >= 0.6 is 0 Å². The first kappa shape index (κ1) is 12.9. The fourth-order valence-corrected chi connectivity index (χ4v) is 1.56. The lowest BCUT2D eigenvalue weighted by Gasteiger charge is -2.21. The molecule has 0 aliphatic rings. The van der Waals surface area contributed by atoms with Crippen LogP contribution in [0.3, 0.4) is 0 Å². The molecule has 0 aromatic rings. The van der Waals surface area contributed by atoms with Gasteiger partial charge in [0.2, 0.25) is 0 Å². The summed E-state index contributed by atoms with van der Waals surface area (Å²) in [5.74, 6) is 0. The second-order valence-electron chi connectivity index (χ2n) is 3.83. The molecule has 0 heterocycles. The van der Waals surface area contributed by atoms with E-state index in [-0.39, 0.29) is 0 Å². The summed E-state index contributed by atoms with van der Waals surface area (Å²) in [5.41, 5.74) is 0. The molecule has 2 N–H and O–H groups in total. The molecule has 0 rings (SSSR count). The number of unbranched alkanes of at least 4 members (excludes halogenated alkanes) is 1. The molecule has 2 atom stereocenters. The minimum Gasteiger partial charge on any atom is -0.396 e. The van der Waals surface area contributed by atoms with E-state index >= 15 is 0 Å². The van der Waals surface area contributed by atoms with Gasteiger partial charge >= 0.3 is 0 Å². The second kappa shape index (κ2) is 8.52. The second-order valence-corrected chi connectivity index (χ2v) is 3.83. The van der Waals surface area contributed by atoms with E-state index in [4.69, 9.17) is 5.11 Å². The van der Waals surface area contributed by atoms with E-state index < -0.39 is 0 Å². The Morgan fingerprint density at radius 1 is 1.23 bits per heavy atom. The van der Waals surface area contributed by atoms with E-state index in [2.05, 4.69) is 26.1 Å². The fraction of sp³-hybridized carbons (Fsp3) is 1.00. The van der Waals surface area contributed by atoms with Gasteiger partial charge in [0.05, 0.1) is 0 Å². The third-order valence-electron chi connectivity index (χ3n) is 2.48. The Morgan fingerprint density at radius 2 is 1.92 bits per heavy atom. The van der Waals surface area contributed by atoms with E-state index in [0.717, 1.165) is 12.8 Å². The summed E-state index contributed by atoms with van der Waals surface area (Å²) in [6, 6.07) is 1.09. The summed E-state index contributed by atoms with van der Waals surface area (Å²) in [7, 11) is 0. The number of rotatable bonds is 8. The quantitative estimate of drug-likeness (QED) is 0.611. The zero-order valence-corrected chi connectivity index (χ0v) is 9.34. The predicted octanol–water partition coefficient (Wildman–Crippen LogP) is 2.32. The smallest absolute Gasteiger partial charge is 0.0445 e. The van der Waals surface area contributed by atoms with Gasteiger partial charge in [-0.2, -0.15) is 0 Å².